The minimum Gasteiger partial charge on any atom is -0.466 e. The molecule has 1 heterocycles. The fourth-order valence-electron chi connectivity index (χ4n) is 2.75. The molecule has 0 aromatic carbocycles. The largest absolute Gasteiger partial charge is 0.466 e. The van der Waals surface area contributed by atoms with Gasteiger partial charge < -0.3 is 4.74 Å². The lowest BCUT2D eigenvalue weighted by molar-refractivity contribution is 0.252. The van der Waals surface area contributed by atoms with Gasteiger partial charge in [0, 0.05) is 12.8 Å². The topological polar surface area (TPSA) is 9.23 Å². The minimum atomic E-state index is 1.20. The SMILES string of the molecule is C1CCC2=C(C1)CC1=C(CCC1)O2. The van der Waals surface area contributed by atoms with Crippen LogP contribution in [0.25, 0.3) is 0 Å². The summed E-state index contributed by atoms with van der Waals surface area (Å²) in [5, 5.41) is 0. The van der Waals surface area contributed by atoms with E-state index in [1.54, 1.807) is 11.1 Å². The van der Waals surface area contributed by atoms with Gasteiger partial charge in [0.1, 0.15) is 11.5 Å². The highest BCUT2D eigenvalue weighted by Crippen LogP contribution is 2.42. The van der Waals surface area contributed by atoms with Gasteiger partial charge in [-0.15, -0.1) is 0 Å². The summed E-state index contributed by atoms with van der Waals surface area (Å²) in [5.74, 6) is 2.67. The highest BCUT2D eigenvalue weighted by Gasteiger charge is 2.26. The number of allylic oxidation sites excluding steroid dienone is 4. The maximum absolute atomic E-state index is 5.97. The normalized spacial score (nSPS) is 27.1. The monoisotopic (exact) mass is 176 g/mol. The first-order valence-corrected chi connectivity index (χ1v) is 5.53. The Morgan fingerprint density at radius 2 is 1.31 bits per heavy atom. The third kappa shape index (κ3) is 1.21. The first kappa shape index (κ1) is 7.66. The van der Waals surface area contributed by atoms with Crippen LogP contribution in [-0.4, -0.2) is 0 Å². The number of rotatable bonds is 0. The summed E-state index contributed by atoms with van der Waals surface area (Å²) >= 11 is 0. The van der Waals surface area contributed by atoms with Crippen LogP contribution in [0, 0.1) is 0 Å². The van der Waals surface area contributed by atoms with Crippen molar-refractivity contribution in [3.05, 3.63) is 22.7 Å². The van der Waals surface area contributed by atoms with Crippen LogP contribution in [0.3, 0.4) is 0 Å². The molecule has 0 bridgehead atoms. The quantitative estimate of drug-likeness (QED) is 0.547. The first-order valence-electron chi connectivity index (χ1n) is 5.53. The van der Waals surface area contributed by atoms with Gasteiger partial charge in [-0.3, -0.25) is 0 Å². The van der Waals surface area contributed by atoms with E-state index in [1.807, 2.05) is 0 Å². The zero-order valence-electron chi connectivity index (χ0n) is 8.07. The van der Waals surface area contributed by atoms with Crippen molar-refractivity contribution in [3.63, 3.8) is 0 Å². The van der Waals surface area contributed by atoms with Crippen LogP contribution in [0.2, 0.25) is 0 Å². The van der Waals surface area contributed by atoms with Crippen molar-refractivity contribution in [3.8, 4) is 0 Å². The molecule has 3 aliphatic rings. The number of ether oxygens (including phenoxy) is 1. The zero-order chi connectivity index (χ0) is 8.67. The van der Waals surface area contributed by atoms with E-state index in [4.69, 9.17) is 4.74 Å². The molecule has 0 saturated carbocycles. The van der Waals surface area contributed by atoms with Gasteiger partial charge in [0.2, 0.25) is 0 Å². The average molecular weight is 176 g/mol. The van der Waals surface area contributed by atoms with E-state index in [1.165, 1.54) is 62.9 Å². The molecule has 0 aromatic heterocycles. The fraction of sp³-hybridized carbons (Fsp3) is 0.667. The summed E-state index contributed by atoms with van der Waals surface area (Å²) in [7, 11) is 0. The Labute approximate surface area is 79.5 Å². The average Bonchev–Trinajstić information content (AvgIpc) is 2.61. The molecule has 0 radical (unpaired) electrons. The van der Waals surface area contributed by atoms with Gasteiger partial charge >= 0.3 is 0 Å². The third-order valence-corrected chi connectivity index (χ3v) is 3.48. The van der Waals surface area contributed by atoms with Crippen LogP contribution < -0.4 is 0 Å². The maximum atomic E-state index is 5.97. The van der Waals surface area contributed by atoms with Gasteiger partial charge in [-0.05, 0) is 49.7 Å². The molecule has 0 aromatic rings. The third-order valence-electron chi connectivity index (χ3n) is 3.48. The molecule has 0 amide bonds. The minimum absolute atomic E-state index is 1.20. The van der Waals surface area contributed by atoms with Crippen LogP contribution >= 0.6 is 0 Å². The molecule has 1 aliphatic heterocycles. The summed E-state index contributed by atoms with van der Waals surface area (Å²) in [6.45, 7) is 0. The van der Waals surface area contributed by atoms with Crippen molar-refractivity contribution in [1.82, 2.24) is 0 Å². The lowest BCUT2D eigenvalue weighted by Crippen LogP contribution is -2.09. The predicted molar refractivity (Wildman–Crippen MR) is 52.1 cm³/mol. The molecule has 0 atom stereocenters. The van der Waals surface area contributed by atoms with E-state index in [-0.39, 0.29) is 0 Å². The van der Waals surface area contributed by atoms with Crippen molar-refractivity contribution < 1.29 is 4.74 Å². The van der Waals surface area contributed by atoms with Gasteiger partial charge in [0.15, 0.2) is 0 Å². The van der Waals surface area contributed by atoms with Crippen LogP contribution in [0.15, 0.2) is 22.7 Å². The molecule has 0 N–H and O–H groups in total. The van der Waals surface area contributed by atoms with Crippen molar-refractivity contribution in [2.24, 2.45) is 0 Å². The second-order valence-corrected chi connectivity index (χ2v) is 4.39. The van der Waals surface area contributed by atoms with E-state index in [9.17, 15) is 0 Å². The van der Waals surface area contributed by atoms with E-state index < -0.39 is 0 Å². The van der Waals surface area contributed by atoms with Crippen LogP contribution in [0.4, 0.5) is 0 Å². The molecule has 1 heteroatoms. The molecule has 3 rings (SSSR count). The molecular formula is C12H16O. The summed E-state index contributed by atoms with van der Waals surface area (Å²) in [5.41, 5.74) is 3.23. The molecule has 2 aliphatic carbocycles. The Bertz CT molecular complexity index is 268. The van der Waals surface area contributed by atoms with Crippen molar-refractivity contribution in [2.75, 3.05) is 0 Å². The molecule has 0 unspecified atom stereocenters. The van der Waals surface area contributed by atoms with Crippen molar-refractivity contribution >= 4 is 0 Å². The van der Waals surface area contributed by atoms with Crippen molar-refractivity contribution in [1.29, 1.82) is 0 Å². The first-order chi connectivity index (χ1) is 6.43. The lowest BCUT2D eigenvalue weighted by Gasteiger charge is -2.26. The van der Waals surface area contributed by atoms with Gasteiger partial charge in [-0.25, -0.2) is 0 Å². The Morgan fingerprint density at radius 1 is 0.692 bits per heavy atom. The van der Waals surface area contributed by atoms with E-state index in [0.29, 0.717) is 0 Å². The van der Waals surface area contributed by atoms with Crippen LogP contribution in [0.1, 0.15) is 51.4 Å². The summed E-state index contributed by atoms with van der Waals surface area (Å²) in [4.78, 5) is 0. The molecule has 70 valence electrons. The fourth-order valence-corrected chi connectivity index (χ4v) is 2.75. The molecular weight excluding hydrogens is 160 g/mol. The maximum Gasteiger partial charge on any atom is 0.103 e. The molecule has 0 saturated heterocycles. The molecule has 0 spiro atoms. The van der Waals surface area contributed by atoms with Gasteiger partial charge in [0.05, 0.1) is 0 Å². The summed E-state index contributed by atoms with van der Waals surface area (Å²) in [6, 6.07) is 0. The van der Waals surface area contributed by atoms with E-state index >= 15 is 0 Å². The molecule has 0 fully saturated rings. The predicted octanol–water partition coefficient (Wildman–Crippen LogP) is 3.67. The molecule has 1 nitrogen and oxygen atoms in total. The summed E-state index contributed by atoms with van der Waals surface area (Å²) < 4.78 is 5.97. The Kier molecular flexibility index (Phi) is 1.71. The zero-order valence-corrected chi connectivity index (χ0v) is 8.07. The van der Waals surface area contributed by atoms with Crippen LogP contribution in [-0.2, 0) is 4.74 Å². The lowest BCUT2D eigenvalue weighted by atomic mass is 9.91. The Morgan fingerprint density at radius 3 is 2.15 bits per heavy atom. The second kappa shape index (κ2) is 2.90. The Hall–Kier alpha value is -0.720. The van der Waals surface area contributed by atoms with Gasteiger partial charge in [-0.2, -0.15) is 0 Å². The highest BCUT2D eigenvalue weighted by molar-refractivity contribution is 5.30. The van der Waals surface area contributed by atoms with Gasteiger partial charge in [0.25, 0.3) is 0 Å². The number of hydrogen-bond donors (Lipinski definition) is 0. The van der Waals surface area contributed by atoms with Gasteiger partial charge in [-0.1, -0.05) is 0 Å². The smallest absolute Gasteiger partial charge is 0.103 e. The summed E-state index contributed by atoms with van der Waals surface area (Å²) in [6.07, 6.45) is 10.3. The highest BCUT2D eigenvalue weighted by atomic mass is 16.5. The molecule has 13 heavy (non-hydrogen) atoms. The Balaban J connectivity index is 1.87. The number of hydrogen-bond acceptors (Lipinski definition) is 1. The van der Waals surface area contributed by atoms with E-state index in [0.717, 1.165) is 0 Å². The van der Waals surface area contributed by atoms with Crippen molar-refractivity contribution in [2.45, 2.75) is 51.4 Å². The van der Waals surface area contributed by atoms with Crippen LogP contribution in [0.5, 0.6) is 0 Å². The standard InChI is InChI=1S/C12H16O/c1-2-6-11-9(4-1)8-10-5-3-7-12(10)13-11/h1-8H2. The second-order valence-electron chi connectivity index (χ2n) is 4.39. The van der Waals surface area contributed by atoms with E-state index in [2.05, 4.69) is 0 Å².